The fraction of sp³-hybridized carbons (Fsp3) is 0.300. The van der Waals surface area contributed by atoms with Crippen LogP contribution < -0.4 is 15.4 Å². The van der Waals surface area contributed by atoms with Gasteiger partial charge in [-0.25, -0.2) is 8.42 Å². The summed E-state index contributed by atoms with van der Waals surface area (Å²) >= 11 is 0. The molecule has 0 spiro atoms. The number of carbonyl (C=O) groups excluding carboxylic acids is 2. The van der Waals surface area contributed by atoms with Crippen molar-refractivity contribution in [1.82, 2.24) is 4.31 Å². The van der Waals surface area contributed by atoms with Crippen LogP contribution in [0.5, 0.6) is 5.75 Å². The van der Waals surface area contributed by atoms with E-state index in [-0.39, 0.29) is 23.9 Å². The third-order valence-corrected chi connectivity index (χ3v) is 6.38. The molecule has 0 saturated carbocycles. The van der Waals surface area contributed by atoms with E-state index in [1.807, 2.05) is 0 Å². The highest BCUT2D eigenvalue weighted by Gasteiger charge is 2.27. The quantitative estimate of drug-likeness (QED) is 0.719. The Kier molecular flexibility index (Phi) is 6.19. The van der Waals surface area contributed by atoms with E-state index in [4.69, 9.17) is 4.74 Å². The third kappa shape index (κ3) is 4.93. The molecule has 0 atom stereocenters. The van der Waals surface area contributed by atoms with Gasteiger partial charge in [0, 0.05) is 31.3 Å². The Labute approximate surface area is 169 Å². The summed E-state index contributed by atoms with van der Waals surface area (Å²) in [5.74, 6) is 0.0587. The molecule has 0 saturated heterocycles. The first kappa shape index (κ1) is 20.8. The molecule has 8 nitrogen and oxygen atoms in total. The number of nitrogens with zero attached hydrogens (tertiary/aromatic N) is 1. The molecular formula is C20H23N3O5S. The third-order valence-electron chi connectivity index (χ3n) is 4.46. The fourth-order valence-electron chi connectivity index (χ4n) is 3.04. The summed E-state index contributed by atoms with van der Waals surface area (Å²) in [5.41, 5.74) is 1.96. The minimum atomic E-state index is -3.81. The van der Waals surface area contributed by atoms with Crippen molar-refractivity contribution in [3.05, 3.63) is 48.0 Å². The fourth-order valence-corrected chi connectivity index (χ4v) is 4.50. The minimum Gasteiger partial charge on any atom is -0.493 e. The Hall–Kier alpha value is -2.91. The summed E-state index contributed by atoms with van der Waals surface area (Å²) < 4.78 is 32.5. The lowest BCUT2D eigenvalue weighted by molar-refractivity contribution is -0.116. The smallest absolute Gasteiger partial charge is 0.243 e. The molecule has 1 aliphatic rings. The number of hydrogen-bond donors (Lipinski definition) is 2. The zero-order valence-corrected chi connectivity index (χ0v) is 17.1. The second kappa shape index (κ2) is 8.62. The zero-order chi connectivity index (χ0) is 21.0. The summed E-state index contributed by atoms with van der Waals surface area (Å²) in [7, 11) is -3.81. The van der Waals surface area contributed by atoms with Crippen LogP contribution in [0.1, 0.15) is 19.4 Å². The summed E-state index contributed by atoms with van der Waals surface area (Å²) in [6.45, 7) is 3.48. The molecular weight excluding hydrogens is 394 g/mol. The number of nitrogens with one attached hydrogen (secondary N) is 2. The van der Waals surface area contributed by atoms with Crippen LogP contribution in [0.2, 0.25) is 0 Å². The molecule has 0 aliphatic carbocycles. The van der Waals surface area contributed by atoms with Gasteiger partial charge in [-0.2, -0.15) is 4.31 Å². The van der Waals surface area contributed by atoms with E-state index in [1.165, 1.54) is 13.0 Å². The first-order valence-corrected chi connectivity index (χ1v) is 10.7. The average Bonchev–Trinajstić information content (AvgIpc) is 3.15. The molecule has 1 aliphatic heterocycles. The van der Waals surface area contributed by atoms with Gasteiger partial charge in [0.1, 0.15) is 5.75 Å². The van der Waals surface area contributed by atoms with Gasteiger partial charge in [-0.15, -0.1) is 0 Å². The van der Waals surface area contributed by atoms with Crippen molar-refractivity contribution in [2.75, 3.05) is 30.3 Å². The first-order valence-electron chi connectivity index (χ1n) is 9.23. The number of amides is 2. The van der Waals surface area contributed by atoms with E-state index in [0.717, 1.165) is 9.87 Å². The molecule has 2 aromatic carbocycles. The summed E-state index contributed by atoms with van der Waals surface area (Å²) in [5, 5.41) is 5.31. The number of ether oxygens (including phenoxy) is 1. The molecule has 154 valence electrons. The highest BCUT2D eigenvalue weighted by atomic mass is 32.2. The molecule has 0 bridgehead atoms. The van der Waals surface area contributed by atoms with Crippen molar-refractivity contribution in [3.8, 4) is 5.75 Å². The van der Waals surface area contributed by atoms with Crippen LogP contribution in [0.3, 0.4) is 0 Å². The van der Waals surface area contributed by atoms with Crippen LogP contribution in [0, 0.1) is 0 Å². The van der Waals surface area contributed by atoms with Gasteiger partial charge in [0.15, 0.2) is 0 Å². The van der Waals surface area contributed by atoms with Crippen LogP contribution in [-0.4, -0.2) is 44.2 Å². The maximum absolute atomic E-state index is 13.0. The molecule has 0 radical (unpaired) electrons. The van der Waals surface area contributed by atoms with Gasteiger partial charge >= 0.3 is 0 Å². The van der Waals surface area contributed by atoms with E-state index >= 15 is 0 Å². The van der Waals surface area contributed by atoms with Gasteiger partial charge in [0.2, 0.25) is 21.8 Å². The van der Waals surface area contributed by atoms with Gasteiger partial charge < -0.3 is 15.4 Å². The van der Waals surface area contributed by atoms with Gasteiger partial charge in [-0.1, -0.05) is 6.92 Å². The highest BCUT2D eigenvalue weighted by Crippen LogP contribution is 2.28. The number of likely N-dealkylation sites (N-methyl/N-ethyl adjacent to an activating group) is 1. The molecule has 29 heavy (non-hydrogen) atoms. The Morgan fingerprint density at radius 3 is 2.34 bits per heavy atom. The second-order valence-corrected chi connectivity index (χ2v) is 8.54. The molecule has 0 aromatic heterocycles. The van der Waals surface area contributed by atoms with Crippen molar-refractivity contribution < 1.29 is 22.7 Å². The lowest BCUT2D eigenvalue weighted by atomic mass is 10.2. The number of carbonyl (C=O) groups is 2. The molecule has 3 rings (SSSR count). The summed E-state index contributed by atoms with van der Waals surface area (Å²) in [6, 6.07) is 11.3. The molecule has 2 aromatic rings. The molecule has 2 N–H and O–H groups in total. The maximum Gasteiger partial charge on any atom is 0.243 e. The molecule has 0 unspecified atom stereocenters. The lowest BCUT2D eigenvalue weighted by Crippen LogP contribution is -2.37. The monoisotopic (exact) mass is 417 g/mol. The van der Waals surface area contributed by atoms with Crippen LogP contribution in [0.4, 0.5) is 11.4 Å². The van der Waals surface area contributed by atoms with Crippen molar-refractivity contribution in [2.24, 2.45) is 0 Å². The minimum absolute atomic E-state index is 0.149. The lowest BCUT2D eigenvalue weighted by Gasteiger charge is -2.20. The normalized spacial score (nSPS) is 12.9. The Morgan fingerprint density at radius 1 is 1.07 bits per heavy atom. The largest absolute Gasteiger partial charge is 0.493 e. The van der Waals surface area contributed by atoms with Crippen LogP contribution >= 0.6 is 0 Å². The summed E-state index contributed by atoms with van der Waals surface area (Å²) in [4.78, 5) is 23.6. The molecule has 1 heterocycles. The van der Waals surface area contributed by atoms with Crippen LogP contribution in [0.25, 0.3) is 0 Å². The predicted molar refractivity (Wildman–Crippen MR) is 109 cm³/mol. The highest BCUT2D eigenvalue weighted by molar-refractivity contribution is 7.89. The van der Waals surface area contributed by atoms with Crippen LogP contribution in [-0.2, 0) is 26.0 Å². The van der Waals surface area contributed by atoms with Crippen molar-refractivity contribution in [2.45, 2.75) is 25.2 Å². The Morgan fingerprint density at radius 2 is 1.72 bits per heavy atom. The van der Waals surface area contributed by atoms with E-state index < -0.39 is 15.9 Å². The van der Waals surface area contributed by atoms with Gasteiger partial charge in [0.05, 0.1) is 18.0 Å². The second-order valence-electron chi connectivity index (χ2n) is 6.61. The molecule has 9 heteroatoms. The Bertz CT molecular complexity index is 1020. The molecule has 0 fully saturated rings. The van der Waals surface area contributed by atoms with Gasteiger partial charge in [0.25, 0.3) is 0 Å². The molecule has 2 amide bonds. The first-order chi connectivity index (χ1) is 13.8. The van der Waals surface area contributed by atoms with E-state index in [0.29, 0.717) is 30.2 Å². The predicted octanol–water partition coefficient (Wildman–Crippen LogP) is 2.23. The average molecular weight is 417 g/mol. The topological polar surface area (TPSA) is 105 Å². The Balaban J connectivity index is 1.68. The van der Waals surface area contributed by atoms with Gasteiger partial charge in [-0.05, 0) is 48.0 Å². The van der Waals surface area contributed by atoms with E-state index in [1.54, 1.807) is 43.3 Å². The van der Waals surface area contributed by atoms with E-state index in [9.17, 15) is 18.0 Å². The number of hydrogen-bond acceptors (Lipinski definition) is 5. The standard InChI is InChI=1S/C20H23N3O5S/c1-3-23(29(26,27)18-8-9-19-15(12-18)10-11-28-19)13-20(25)22-17-6-4-16(5-7-17)21-14(2)24/h4-9,12H,3,10-11,13H2,1-2H3,(H,21,24)(H,22,25). The van der Waals surface area contributed by atoms with Crippen molar-refractivity contribution in [3.63, 3.8) is 0 Å². The number of anilines is 2. The number of rotatable bonds is 7. The van der Waals surface area contributed by atoms with Gasteiger partial charge in [-0.3, -0.25) is 9.59 Å². The zero-order valence-electron chi connectivity index (χ0n) is 16.3. The number of sulfonamides is 1. The SMILES string of the molecule is CCN(CC(=O)Nc1ccc(NC(C)=O)cc1)S(=O)(=O)c1ccc2c(c1)CCO2. The number of fused-ring (bicyclic) bond motifs is 1. The van der Waals surface area contributed by atoms with Crippen molar-refractivity contribution in [1.29, 1.82) is 0 Å². The number of benzene rings is 2. The van der Waals surface area contributed by atoms with Crippen molar-refractivity contribution >= 4 is 33.2 Å². The summed E-state index contributed by atoms with van der Waals surface area (Å²) in [6.07, 6.45) is 0.666. The maximum atomic E-state index is 13.0. The van der Waals surface area contributed by atoms with E-state index in [2.05, 4.69) is 10.6 Å². The van der Waals surface area contributed by atoms with Crippen LogP contribution in [0.15, 0.2) is 47.4 Å².